The standard InChI is InChI=1S/C19H32N4O3.ClH/c1-19(2,3)26-18(25)14-23-13-10-20-16(23)6-7-17(24)22-11-8-15(9-12-22)21(4)5;/h10,13,15H,6-9,11-12,14H2,1-5H3;1H. The highest BCUT2D eigenvalue weighted by Gasteiger charge is 2.24. The van der Waals surface area contributed by atoms with Gasteiger partial charge in [0.1, 0.15) is 18.0 Å². The zero-order chi connectivity index (χ0) is 19.3. The van der Waals surface area contributed by atoms with Gasteiger partial charge in [-0.25, -0.2) is 4.98 Å². The van der Waals surface area contributed by atoms with Gasteiger partial charge in [0.25, 0.3) is 0 Å². The molecule has 0 bridgehead atoms. The predicted octanol–water partition coefficient (Wildman–Crippen LogP) is 2.13. The van der Waals surface area contributed by atoms with Crippen LogP contribution in [0.15, 0.2) is 12.4 Å². The number of imidazole rings is 1. The summed E-state index contributed by atoms with van der Waals surface area (Å²) < 4.78 is 7.11. The summed E-state index contributed by atoms with van der Waals surface area (Å²) in [4.78, 5) is 32.9. The SMILES string of the molecule is CN(C)C1CCN(C(=O)CCc2nccn2CC(=O)OC(C)(C)C)CC1.Cl. The molecule has 154 valence electrons. The molecule has 1 fully saturated rings. The first-order chi connectivity index (χ1) is 12.2. The van der Waals surface area contributed by atoms with Gasteiger partial charge in [-0.05, 0) is 47.7 Å². The number of amides is 1. The molecule has 0 aliphatic carbocycles. The molecule has 0 radical (unpaired) electrons. The number of piperidine rings is 1. The zero-order valence-corrected chi connectivity index (χ0v) is 17.9. The number of rotatable bonds is 6. The summed E-state index contributed by atoms with van der Waals surface area (Å²) in [5.41, 5.74) is -0.507. The van der Waals surface area contributed by atoms with Crippen LogP contribution >= 0.6 is 12.4 Å². The molecule has 1 aliphatic rings. The molecule has 0 unspecified atom stereocenters. The van der Waals surface area contributed by atoms with Crippen LogP contribution in [0.3, 0.4) is 0 Å². The van der Waals surface area contributed by atoms with Crippen molar-refractivity contribution >= 4 is 24.3 Å². The van der Waals surface area contributed by atoms with E-state index in [1.54, 1.807) is 17.0 Å². The lowest BCUT2D eigenvalue weighted by atomic mass is 10.0. The van der Waals surface area contributed by atoms with Gasteiger partial charge < -0.3 is 19.1 Å². The Morgan fingerprint density at radius 1 is 1.26 bits per heavy atom. The summed E-state index contributed by atoms with van der Waals surface area (Å²) in [6.45, 7) is 7.28. The monoisotopic (exact) mass is 400 g/mol. The predicted molar refractivity (Wildman–Crippen MR) is 107 cm³/mol. The second-order valence-corrected chi connectivity index (χ2v) is 8.13. The number of esters is 1. The maximum Gasteiger partial charge on any atom is 0.326 e. The second-order valence-electron chi connectivity index (χ2n) is 8.13. The summed E-state index contributed by atoms with van der Waals surface area (Å²) in [6, 6.07) is 0.562. The van der Waals surface area contributed by atoms with Gasteiger partial charge in [-0.1, -0.05) is 0 Å². The number of likely N-dealkylation sites (tertiary alicyclic amines) is 1. The van der Waals surface area contributed by atoms with E-state index in [-0.39, 0.29) is 30.8 Å². The van der Waals surface area contributed by atoms with Crippen LogP contribution in [0.2, 0.25) is 0 Å². The Balaban J connectivity index is 0.00000364. The Hall–Kier alpha value is -1.60. The first-order valence-electron chi connectivity index (χ1n) is 9.32. The Morgan fingerprint density at radius 2 is 1.89 bits per heavy atom. The summed E-state index contributed by atoms with van der Waals surface area (Å²) in [5, 5.41) is 0. The summed E-state index contributed by atoms with van der Waals surface area (Å²) in [5.74, 6) is 0.607. The van der Waals surface area contributed by atoms with Gasteiger partial charge in [0.15, 0.2) is 0 Å². The Kier molecular flexibility index (Phi) is 8.75. The van der Waals surface area contributed by atoms with Crippen molar-refractivity contribution in [1.29, 1.82) is 0 Å². The van der Waals surface area contributed by atoms with Crippen LogP contribution in [-0.4, -0.2) is 70.1 Å². The first kappa shape index (κ1) is 23.4. The topological polar surface area (TPSA) is 67.7 Å². The number of hydrogen-bond donors (Lipinski definition) is 0. The third-order valence-electron chi connectivity index (χ3n) is 4.63. The molecule has 0 saturated carbocycles. The van der Waals surface area contributed by atoms with E-state index in [1.807, 2.05) is 25.7 Å². The number of carbonyl (C=O) groups excluding carboxylic acids is 2. The van der Waals surface area contributed by atoms with E-state index < -0.39 is 5.60 Å². The van der Waals surface area contributed by atoms with Gasteiger partial charge in [-0.3, -0.25) is 9.59 Å². The Morgan fingerprint density at radius 3 is 2.44 bits per heavy atom. The molecule has 1 saturated heterocycles. The van der Waals surface area contributed by atoms with Crippen LogP contribution in [0.4, 0.5) is 0 Å². The lowest BCUT2D eigenvalue weighted by molar-refractivity contribution is -0.155. The quantitative estimate of drug-likeness (QED) is 0.684. The highest BCUT2D eigenvalue weighted by atomic mass is 35.5. The number of hydrogen-bond acceptors (Lipinski definition) is 5. The van der Waals surface area contributed by atoms with Gasteiger partial charge in [-0.2, -0.15) is 0 Å². The van der Waals surface area contributed by atoms with Crippen molar-refractivity contribution < 1.29 is 14.3 Å². The molecule has 8 heteroatoms. The van der Waals surface area contributed by atoms with Crippen molar-refractivity contribution in [3.8, 4) is 0 Å². The molecule has 1 aromatic rings. The zero-order valence-electron chi connectivity index (χ0n) is 17.1. The van der Waals surface area contributed by atoms with Gasteiger partial charge in [0.2, 0.25) is 5.91 Å². The molecule has 0 aromatic carbocycles. The molecule has 1 aromatic heterocycles. The summed E-state index contributed by atoms with van der Waals surface area (Å²) in [6.07, 6.45) is 6.40. The maximum atomic E-state index is 12.5. The number of halogens is 1. The normalized spacial score (nSPS) is 15.6. The average molecular weight is 401 g/mol. The molecule has 0 spiro atoms. The smallest absolute Gasteiger partial charge is 0.326 e. The second kappa shape index (κ2) is 10.1. The molecular formula is C19H33ClN4O3. The van der Waals surface area contributed by atoms with Crippen LogP contribution in [0.5, 0.6) is 0 Å². The Bertz CT molecular complexity index is 617. The number of aromatic nitrogens is 2. The molecular weight excluding hydrogens is 368 g/mol. The minimum Gasteiger partial charge on any atom is -0.459 e. The van der Waals surface area contributed by atoms with Gasteiger partial charge in [-0.15, -0.1) is 12.4 Å². The van der Waals surface area contributed by atoms with E-state index in [9.17, 15) is 9.59 Å². The summed E-state index contributed by atoms with van der Waals surface area (Å²) >= 11 is 0. The van der Waals surface area contributed by atoms with Crippen molar-refractivity contribution in [3.05, 3.63) is 18.2 Å². The van der Waals surface area contributed by atoms with Crippen LogP contribution in [0.25, 0.3) is 0 Å². The van der Waals surface area contributed by atoms with Crippen molar-refractivity contribution in [3.63, 3.8) is 0 Å². The molecule has 0 atom stereocenters. The molecule has 1 amide bonds. The number of aryl methyl sites for hydroxylation is 1. The van der Waals surface area contributed by atoms with E-state index >= 15 is 0 Å². The number of nitrogens with zero attached hydrogens (tertiary/aromatic N) is 4. The van der Waals surface area contributed by atoms with Crippen LogP contribution in [-0.2, 0) is 27.3 Å². The lowest BCUT2D eigenvalue weighted by Gasteiger charge is -2.35. The van der Waals surface area contributed by atoms with Crippen LogP contribution in [0.1, 0.15) is 45.9 Å². The highest BCUT2D eigenvalue weighted by Crippen LogP contribution is 2.16. The summed E-state index contributed by atoms with van der Waals surface area (Å²) in [7, 11) is 4.18. The molecule has 7 nitrogen and oxygen atoms in total. The van der Waals surface area contributed by atoms with E-state index in [4.69, 9.17) is 4.74 Å². The maximum absolute atomic E-state index is 12.5. The van der Waals surface area contributed by atoms with Crippen LogP contribution in [0, 0.1) is 0 Å². The molecule has 2 heterocycles. The highest BCUT2D eigenvalue weighted by molar-refractivity contribution is 5.85. The molecule has 0 N–H and O–H groups in total. The van der Waals surface area contributed by atoms with E-state index in [1.165, 1.54) is 0 Å². The molecule has 2 rings (SSSR count). The fourth-order valence-corrected chi connectivity index (χ4v) is 3.23. The van der Waals surface area contributed by atoms with Crippen molar-refractivity contribution in [2.24, 2.45) is 0 Å². The van der Waals surface area contributed by atoms with E-state index in [0.717, 1.165) is 31.8 Å². The van der Waals surface area contributed by atoms with Crippen LogP contribution < -0.4 is 0 Å². The van der Waals surface area contributed by atoms with Crippen molar-refractivity contribution in [1.82, 2.24) is 19.4 Å². The van der Waals surface area contributed by atoms with Gasteiger partial charge >= 0.3 is 5.97 Å². The minimum atomic E-state index is -0.507. The third-order valence-corrected chi connectivity index (χ3v) is 4.63. The van der Waals surface area contributed by atoms with E-state index in [0.29, 0.717) is 18.9 Å². The fourth-order valence-electron chi connectivity index (χ4n) is 3.23. The third kappa shape index (κ3) is 7.50. The van der Waals surface area contributed by atoms with Crippen molar-refractivity contribution in [2.75, 3.05) is 27.2 Å². The Labute approximate surface area is 168 Å². The number of carbonyl (C=O) groups is 2. The molecule has 1 aliphatic heterocycles. The van der Waals surface area contributed by atoms with Gasteiger partial charge in [0, 0.05) is 44.4 Å². The fraction of sp³-hybridized carbons (Fsp3) is 0.737. The van der Waals surface area contributed by atoms with Gasteiger partial charge in [0.05, 0.1) is 0 Å². The largest absolute Gasteiger partial charge is 0.459 e. The lowest BCUT2D eigenvalue weighted by Crippen LogP contribution is -2.44. The average Bonchev–Trinajstić information content (AvgIpc) is 2.97. The molecule has 27 heavy (non-hydrogen) atoms. The first-order valence-corrected chi connectivity index (χ1v) is 9.32. The minimum absolute atomic E-state index is 0. The van der Waals surface area contributed by atoms with E-state index in [2.05, 4.69) is 24.0 Å². The van der Waals surface area contributed by atoms with Crippen molar-refractivity contribution in [2.45, 2.75) is 64.6 Å². The number of ether oxygens (including phenoxy) is 1.